The average molecular weight is 186 g/mol. The number of hydrogen-bond donors (Lipinski definition) is 0. The summed E-state index contributed by atoms with van der Waals surface area (Å²) in [6.45, 7) is 8.92. The van der Waals surface area contributed by atoms with Crippen molar-refractivity contribution >= 4 is 11.8 Å². The second-order valence-electron chi connectivity index (χ2n) is 2.75. The van der Waals surface area contributed by atoms with Crippen LogP contribution in [0.4, 0.5) is 0 Å². The van der Waals surface area contributed by atoms with E-state index in [0.29, 0.717) is 13.2 Å². The smallest absolute Gasteiger partial charge is 0.188 e. The Bertz CT molecular complexity index is 193. The molecule has 0 unspecified atom stereocenters. The molecule has 1 fully saturated rings. The molecular weight excluding hydrogens is 172 g/mol. The topological polar surface area (TPSA) is 18.5 Å². The third kappa shape index (κ3) is 2.12. The Kier molecular flexibility index (Phi) is 3.38. The van der Waals surface area contributed by atoms with Crippen LogP contribution in [-0.2, 0) is 9.47 Å². The molecule has 1 rings (SSSR count). The van der Waals surface area contributed by atoms with Gasteiger partial charge in [-0.2, -0.15) is 0 Å². The largest absolute Gasteiger partial charge is 0.344 e. The van der Waals surface area contributed by atoms with Crippen molar-refractivity contribution < 1.29 is 9.47 Å². The minimum absolute atomic E-state index is 0.504. The first kappa shape index (κ1) is 9.84. The van der Waals surface area contributed by atoms with E-state index in [1.165, 1.54) is 0 Å². The first-order chi connectivity index (χ1) is 5.69. The van der Waals surface area contributed by atoms with Gasteiger partial charge in [-0.15, -0.1) is 11.8 Å². The van der Waals surface area contributed by atoms with Crippen molar-refractivity contribution in [1.29, 1.82) is 0 Å². The van der Waals surface area contributed by atoms with Gasteiger partial charge in [-0.05, 0) is 30.2 Å². The molecule has 68 valence electrons. The molecule has 0 aromatic rings. The van der Waals surface area contributed by atoms with E-state index < -0.39 is 5.79 Å². The third-order valence-corrected chi connectivity index (χ3v) is 2.58. The molecule has 0 amide bonds. The Balaban J connectivity index is 2.60. The van der Waals surface area contributed by atoms with Crippen molar-refractivity contribution in [2.45, 2.75) is 19.6 Å². The summed E-state index contributed by atoms with van der Waals surface area (Å²) >= 11 is 1.54. The van der Waals surface area contributed by atoms with Crippen LogP contribution < -0.4 is 0 Å². The predicted molar refractivity (Wildman–Crippen MR) is 51.9 cm³/mol. The van der Waals surface area contributed by atoms with Crippen LogP contribution in [0.25, 0.3) is 0 Å². The molecule has 3 heteroatoms. The Morgan fingerprint density at radius 3 is 2.58 bits per heavy atom. The van der Waals surface area contributed by atoms with Crippen LogP contribution in [0.2, 0.25) is 0 Å². The van der Waals surface area contributed by atoms with Crippen LogP contribution in [0.5, 0.6) is 0 Å². The highest BCUT2D eigenvalue weighted by atomic mass is 32.2. The predicted octanol–water partition coefficient (Wildman–Crippen LogP) is 2.53. The molecule has 0 aliphatic carbocycles. The lowest BCUT2D eigenvalue weighted by Crippen LogP contribution is -2.26. The van der Waals surface area contributed by atoms with E-state index in [0.717, 1.165) is 5.57 Å². The van der Waals surface area contributed by atoms with E-state index in [2.05, 4.69) is 6.58 Å². The van der Waals surface area contributed by atoms with Crippen LogP contribution in [-0.4, -0.2) is 19.0 Å². The Morgan fingerprint density at radius 1 is 1.50 bits per heavy atom. The van der Waals surface area contributed by atoms with Gasteiger partial charge < -0.3 is 9.47 Å². The summed E-state index contributed by atoms with van der Waals surface area (Å²) < 4.78 is 10.9. The van der Waals surface area contributed by atoms with Crippen molar-refractivity contribution in [2.24, 2.45) is 0 Å². The lowest BCUT2D eigenvalue weighted by Gasteiger charge is -2.22. The van der Waals surface area contributed by atoms with Crippen LogP contribution in [0, 0.1) is 0 Å². The van der Waals surface area contributed by atoms with Crippen LogP contribution in [0.3, 0.4) is 0 Å². The van der Waals surface area contributed by atoms with E-state index in [1.807, 2.05) is 19.3 Å². The first-order valence-corrected chi connectivity index (χ1v) is 4.85. The summed E-state index contributed by atoms with van der Waals surface area (Å²) in [5, 5.41) is 3.78. The van der Waals surface area contributed by atoms with Crippen LogP contribution >= 0.6 is 11.8 Å². The summed E-state index contributed by atoms with van der Waals surface area (Å²) in [6.07, 6.45) is 0. The Hall–Kier alpha value is -0.250. The quantitative estimate of drug-likeness (QED) is 0.674. The maximum atomic E-state index is 5.46. The molecule has 0 N–H and O–H groups in total. The summed E-state index contributed by atoms with van der Waals surface area (Å²) in [6, 6.07) is 0. The van der Waals surface area contributed by atoms with Gasteiger partial charge in [0.25, 0.3) is 0 Å². The van der Waals surface area contributed by atoms with E-state index in [-0.39, 0.29) is 0 Å². The highest BCUT2D eigenvalue weighted by molar-refractivity contribution is 8.04. The molecule has 0 aromatic carbocycles. The van der Waals surface area contributed by atoms with E-state index in [1.54, 1.807) is 17.2 Å². The van der Waals surface area contributed by atoms with Crippen LogP contribution in [0.15, 0.2) is 23.0 Å². The Morgan fingerprint density at radius 2 is 2.08 bits per heavy atom. The minimum Gasteiger partial charge on any atom is -0.344 e. The second kappa shape index (κ2) is 4.12. The van der Waals surface area contributed by atoms with Gasteiger partial charge in [0.2, 0.25) is 0 Å². The fraction of sp³-hybridized carbons (Fsp3) is 0.556. The molecule has 12 heavy (non-hydrogen) atoms. The van der Waals surface area contributed by atoms with Crippen molar-refractivity contribution in [1.82, 2.24) is 0 Å². The molecule has 1 aliphatic rings. The monoisotopic (exact) mass is 186 g/mol. The van der Waals surface area contributed by atoms with E-state index in [4.69, 9.17) is 9.47 Å². The average Bonchev–Trinajstić information content (AvgIpc) is 2.49. The number of ether oxygens (including phenoxy) is 2. The lowest BCUT2D eigenvalue weighted by molar-refractivity contribution is -0.109. The fourth-order valence-electron chi connectivity index (χ4n) is 0.999. The maximum absolute atomic E-state index is 5.46. The third-order valence-electron chi connectivity index (χ3n) is 1.90. The summed E-state index contributed by atoms with van der Waals surface area (Å²) in [7, 11) is 0. The normalized spacial score (nSPS) is 22.7. The molecule has 1 heterocycles. The highest BCUT2D eigenvalue weighted by Crippen LogP contribution is 2.28. The molecule has 2 nitrogen and oxygen atoms in total. The van der Waals surface area contributed by atoms with Crippen molar-refractivity contribution in [3.05, 3.63) is 23.0 Å². The Labute approximate surface area is 77.6 Å². The molecule has 0 saturated carbocycles. The highest BCUT2D eigenvalue weighted by Gasteiger charge is 2.32. The van der Waals surface area contributed by atoms with E-state index in [9.17, 15) is 0 Å². The van der Waals surface area contributed by atoms with Gasteiger partial charge in [0.05, 0.1) is 13.2 Å². The lowest BCUT2D eigenvalue weighted by atomic mass is 10.2. The van der Waals surface area contributed by atoms with Crippen molar-refractivity contribution in [2.75, 3.05) is 13.2 Å². The van der Waals surface area contributed by atoms with Gasteiger partial charge in [-0.3, -0.25) is 0 Å². The summed E-state index contributed by atoms with van der Waals surface area (Å²) in [5.74, 6) is -0.504. The zero-order valence-corrected chi connectivity index (χ0v) is 8.32. The zero-order valence-electron chi connectivity index (χ0n) is 7.50. The van der Waals surface area contributed by atoms with Gasteiger partial charge in [0, 0.05) is 0 Å². The first-order valence-electron chi connectivity index (χ1n) is 3.90. The molecule has 1 saturated heterocycles. The summed E-state index contributed by atoms with van der Waals surface area (Å²) in [4.78, 5) is 0. The fourth-order valence-corrected chi connectivity index (χ4v) is 1.51. The van der Waals surface area contributed by atoms with Gasteiger partial charge in [-0.1, -0.05) is 6.58 Å². The number of thioether (sulfide) groups is 1. The maximum Gasteiger partial charge on any atom is 0.188 e. The van der Waals surface area contributed by atoms with Crippen molar-refractivity contribution in [3.8, 4) is 0 Å². The molecule has 0 aromatic heterocycles. The second-order valence-corrected chi connectivity index (χ2v) is 3.59. The molecular formula is C9H14O2S. The minimum atomic E-state index is -0.504. The standard InChI is InChI=1S/C9H14O2S/c1-4-12-7-8(2)9(3)10-5-6-11-9/h4,7H,1,5-6H2,2-3H3/b8-7+. The SMILES string of the molecule is C=CS/C=C(\C)C1(C)OCCO1. The van der Waals surface area contributed by atoms with Crippen LogP contribution in [0.1, 0.15) is 13.8 Å². The molecule has 0 radical (unpaired) electrons. The molecule has 0 atom stereocenters. The van der Waals surface area contributed by atoms with E-state index >= 15 is 0 Å². The molecule has 1 aliphatic heterocycles. The molecule has 0 bridgehead atoms. The summed E-state index contributed by atoms with van der Waals surface area (Å²) in [5.41, 5.74) is 1.09. The van der Waals surface area contributed by atoms with Gasteiger partial charge >= 0.3 is 0 Å². The number of hydrogen-bond acceptors (Lipinski definition) is 3. The van der Waals surface area contributed by atoms with Gasteiger partial charge in [-0.25, -0.2) is 0 Å². The molecule has 0 spiro atoms. The number of rotatable bonds is 3. The van der Waals surface area contributed by atoms with Gasteiger partial charge in [0.1, 0.15) is 0 Å². The van der Waals surface area contributed by atoms with Crippen molar-refractivity contribution in [3.63, 3.8) is 0 Å². The zero-order chi connectivity index (χ0) is 9.03. The van der Waals surface area contributed by atoms with Gasteiger partial charge in [0.15, 0.2) is 5.79 Å².